The van der Waals surface area contributed by atoms with Crippen molar-refractivity contribution in [1.82, 2.24) is 4.31 Å². The molecule has 0 radical (unpaired) electrons. The van der Waals surface area contributed by atoms with E-state index in [-0.39, 0.29) is 6.04 Å². The monoisotopic (exact) mass is 309 g/mol. The lowest BCUT2D eigenvalue weighted by Crippen LogP contribution is -2.42. The molecule has 0 N–H and O–H groups in total. The average molecular weight is 309 g/mol. The number of piperidine rings is 1. The maximum atomic E-state index is 13.2. The molecule has 3 nitrogen and oxygen atoms in total. The molecule has 1 unspecified atom stereocenters. The minimum absolute atomic E-state index is 0.101. The summed E-state index contributed by atoms with van der Waals surface area (Å²) in [7, 11) is -3.40. The third kappa shape index (κ3) is 2.64. The number of sulfonamides is 1. The van der Waals surface area contributed by atoms with Gasteiger partial charge in [-0.05, 0) is 82.2 Å². The molecule has 21 heavy (non-hydrogen) atoms. The summed E-state index contributed by atoms with van der Waals surface area (Å²) >= 11 is 0. The van der Waals surface area contributed by atoms with E-state index in [0.717, 1.165) is 41.5 Å². The minimum Gasteiger partial charge on any atom is -0.207 e. The van der Waals surface area contributed by atoms with Crippen LogP contribution in [0.4, 0.5) is 0 Å². The van der Waals surface area contributed by atoms with Crippen molar-refractivity contribution in [1.29, 1.82) is 0 Å². The Labute approximate surface area is 129 Å². The molecule has 0 amide bonds. The van der Waals surface area contributed by atoms with Crippen LogP contribution in [-0.4, -0.2) is 25.3 Å². The van der Waals surface area contributed by atoms with E-state index < -0.39 is 10.0 Å². The van der Waals surface area contributed by atoms with Crippen LogP contribution in [0.1, 0.15) is 54.0 Å². The molecule has 1 heterocycles. The summed E-state index contributed by atoms with van der Waals surface area (Å²) in [6.07, 6.45) is 3.05. The van der Waals surface area contributed by atoms with Crippen LogP contribution in [0.25, 0.3) is 0 Å². The molecule has 0 saturated carbocycles. The lowest BCUT2D eigenvalue weighted by Gasteiger charge is -2.33. The summed E-state index contributed by atoms with van der Waals surface area (Å²) in [5, 5.41) is 0. The molecule has 1 aromatic carbocycles. The van der Waals surface area contributed by atoms with Gasteiger partial charge in [0, 0.05) is 12.6 Å². The normalized spacial score (nSPS) is 20.8. The second-order valence-electron chi connectivity index (χ2n) is 6.41. The Morgan fingerprint density at radius 1 is 0.857 bits per heavy atom. The van der Waals surface area contributed by atoms with Crippen molar-refractivity contribution >= 4 is 10.0 Å². The molecule has 2 rings (SSSR count). The van der Waals surface area contributed by atoms with Crippen LogP contribution in [0.3, 0.4) is 0 Å². The Morgan fingerprint density at radius 2 is 1.33 bits per heavy atom. The van der Waals surface area contributed by atoms with Crippen molar-refractivity contribution in [2.45, 2.75) is 71.7 Å². The third-order valence-corrected chi connectivity index (χ3v) is 7.53. The first-order valence-electron chi connectivity index (χ1n) is 7.78. The fraction of sp³-hybridized carbons (Fsp3) is 0.647. The van der Waals surface area contributed by atoms with Crippen LogP contribution in [0, 0.1) is 34.6 Å². The van der Waals surface area contributed by atoms with Crippen molar-refractivity contribution in [3.63, 3.8) is 0 Å². The molecule has 1 fully saturated rings. The Hall–Kier alpha value is -0.870. The van der Waals surface area contributed by atoms with Gasteiger partial charge in [-0.25, -0.2) is 8.42 Å². The van der Waals surface area contributed by atoms with E-state index in [2.05, 4.69) is 6.92 Å². The molecule has 1 aliphatic rings. The zero-order chi connectivity index (χ0) is 15.9. The largest absolute Gasteiger partial charge is 0.243 e. The molecule has 1 saturated heterocycles. The highest BCUT2D eigenvalue weighted by atomic mass is 32.2. The average Bonchev–Trinajstić information content (AvgIpc) is 2.43. The van der Waals surface area contributed by atoms with E-state index >= 15 is 0 Å². The van der Waals surface area contributed by atoms with Gasteiger partial charge in [0.1, 0.15) is 0 Å². The number of hydrogen-bond acceptors (Lipinski definition) is 2. The topological polar surface area (TPSA) is 37.4 Å². The highest BCUT2D eigenvalue weighted by Gasteiger charge is 2.34. The summed E-state index contributed by atoms with van der Waals surface area (Å²) in [6.45, 7) is 12.7. The first-order valence-corrected chi connectivity index (χ1v) is 9.22. The fourth-order valence-electron chi connectivity index (χ4n) is 3.40. The van der Waals surface area contributed by atoms with Gasteiger partial charge < -0.3 is 0 Å². The minimum atomic E-state index is -3.40. The smallest absolute Gasteiger partial charge is 0.207 e. The Balaban J connectivity index is 2.65. The first-order chi connectivity index (χ1) is 9.69. The van der Waals surface area contributed by atoms with Crippen molar-refractivity contribution in [2.24, 2.45) is 0 Å². The van der Waals surface area contributed by atoms with E-state index in [1.165, 1.54) is 5.56 Å². The molecular formula is C17H27NO2S. The third-order valence-electron chi connectivity index (χ3n) is 5.24. The molecule has 1 atom stereocenters. The van der Waals surface area contributed by atoms with Gasteiger partial charge in [-0.1, -0.05) is 6.42 Å². The van der Waals surface area contributed by atoms with Crippen molar-refractivity contribution in [3.8, 4) is 0 Å². The molecule has 0 spiro atoms. The van der Waals surface area contributed by atoms with Crippen LogP contribution in [0.2, 0.25) is 0 Å². The second kappa shape index (κ2) is 5.73. The van der Waals surface area contributed by atoms with E-state index in [4.69, 9.17) is 0 Å². The lowest BCUT2D eigenvalue weighted by atomic mass is 9.95. The van der Waals surface area contributed by atoms with Crippen molar-refractivity contribution in [3.05, 3.63) is 27.8 Å². The maximum Gasteiger partial charge on any atom is 0.243 e. The van der Waals surface area contributed by atoms with E-state index in [9.17, 15) is 8.42 Å². The van der Waals surface area contributed by atoms with Gasteiger partial charge in [0.15, 0.2) is 0 Å². The quantitative estimate of drug-likeness (QED) is 0.833. The molecular weight excluding hydrogens is 282 g/mol. The molecule has 118 valence electrons. The van der Waals surface area contributed by atoms with E-state index in [1.807, 2.05) is 34.6 Å². The van der Waals surface area contributed by atoms with Gasteiger partial charge in [0.05, 0.1) is 4.90 Å². The fourth-order valence-corrected chi connectivity index (χ4v) is 5.66. The molecule has 1 aromatic rings. The molecule has 4 heteroatoms. The van der Waals surface area contributed by atoms with Gasteiger partial charge in [0.2, 0.25) is 10.0 Å². The van der Waals surface area contributed by atoms with E-state index in [0.29, 0.717) is 11.4 Å². The van der Waals surface area contributed by atoms with Crippen LogP contribution < -0.4 is 0 Å². The maximum absolute atomic E-state index is 13.2. The van der Waals surface area contributed by atoms with Gasteiger partial charge in [0.25, 0.3) is 0 Å². The van der Waals surface area contributed by atoms with Crippen LogP contribution in [-0.2, 0) is 10.0 Å². The summed E-state index contributed by atoms with van der Waals surface area (Å²) in [5.74, 6) is 0. The van der Waals surface area contributed by atoms with Crippen molar-refractivity contribution in [2.75, 3.05) is 6.54 Å². The summed E-state index contributed by atoms with van der Waals surface area (Å²) in [6, 6.07) is 0.101. The number of rotatable bonds is 2. The Kier molecular flexibility index (Phi) is 4.50. The Morgan fingerprint density at radius 3 is 1.81 bits per heavy atom. The summed E-state index contributed by atoms with van der Waals surface area (Å²) < 4.78 is 28.1. The van der Waals surface area contributed by atoms with Crippen LogP contribution in [0.5, 0.6) is 0 Å². The second-order valence-corrected chi connectivity index (χ2v) is 8.24. The van der Waals surface area contributed by atoms with Gasteiger partial charge >= 0.3 is 0 Å². The molecule has 0 aromatic heterocycles. The highest BCUT2D eigenvalue weighted by molar-refractivity contribution is 7.89. The van der Waals surface area contributed by atoms with Gasteiger partial charge in [-0.3, -0.25) is 0 Å². The SMILES string of the molecule is Cc1c(C)c(C)c(S(=O)(=O)N2CCCCC2C)c(C)c1C. The highest BCUT2D eigenvalue weighted by Crippen LogP contribution is 2.33. The number of hydrogen-bond donors (Lipinski definition) is 0. The van der Waals surface area contributed by atoms with Crippen LogP contribution >= 0.6 is 0 Å². The van der Waals surface area contributed by atoms with Crippen molar-refractivity contribution < 1.29 is 8.42 Å². The number of nitrogens with zero attached hydrogens (tertiary/aromatic N) is 1. The van der Waals surface area contributed by atoms with Gasteiger partial charge in [-0.15, -0.1) is 0 Å². The Bertz CT molecular complexity index is 633. The lowest BCUT2D eigenvalue weighted by molar-refractivity contribution is 0.268. The molecule has 0 bridgehead atoms. The predicted molar refractivity (Wildman–Crippen MR) is 87.3 cm³/mol. The first kappa shape index (κ1) is 16.5. The van der Waals surface area contributed by atoms with Gasteiger partial charge in [-0.2, -0.15) is 4.31 Å². The van der Waals surface area contributed by atoms with Crippen LogP contribution in [0.15, 0.2) is 4.90 Å². The summed E-state index contributed by atoms with van der Waals surface area (Å²) in [4.78, 5) is 0.539. The van der Waals surface area contributed by atoms with E-state index in [1.54, 1.807) is 4.31 Å². The number of benzene rings is 1. The molecule has 1 aliphatic heterocycles. The zero-order valence-corrected chi connectivity index (χ0v) is 14.9. The zero-order valence-electron chi connectivity index (χ0n) is 14.1. The predicted octanol–water partition coefficient (Wildman–Crippen LogP) is 3.79. The summed E-state index contributed by atoms with van der Waals surface area (Å²) in [5.41, 5.74) is 5.22. The molecule has 0 aliphatic carbocycles. The standard InChI is InChI=1S/C17H27NO2S/c1-11-9-7-8-10-18(11)21(19,20)17-15(5)13(3)12(2)14(4)16(17)6/h11H,7-10H2,1-6H3.